The number of benzene rings is 2. The van der Waals surface area contributed by atoms with E-state index in [0.29, 0.717) is 5.02 Å². The highest BCUT2D eigenvalue weighted by molar-refractivity contribution is 7.92. The quantitative estimate of drug-likeness (QED) is 0.897. The van der Waals surface area contributed by atoms with Crippen LogP contribution in [0.2, 0.25) is 5.02 Å². The number of amides is 1. The molecule has 0 saturated heterocycles. The topological polar surface area (TPSA) is 63.2 Å². The molecule has 0 aliphatic carbocycles. The van der Waals surface area contributed by atoms with Crippen LogP contribution in [0.1, 0.15) is 29.8 Å². The molecule has 0 bridgehead atoms. The molecule has 122 valence electrons. The highest BCUT2D eigenvalue weighted by atomic mass is 35.5. The maximum absolute atomic E-state index is 12.4. The summed E-state index contributed by atoms with van der Waals surface area (Å²) in [6.45, 7) is 3.41. The molecule has 6 heteroatoms. The van der Waals surface area contributed by atoms with Crippen molar-refractivity contribution in [1.29, 1.82) is 0 Å². The van der Waals surface area contributed by atoms with E-state index in [1.807, 2.05) is 6.07 Å². The predicted molar refractivity (Wildman–Crippen MR) is 91.4 cm³/mol. The lowest BCUT2D eigenvalue weighted by atomic mass is 10.2. The van der Waals surface area contributed by atoms with Crippen LogP contribution in [0, 0.1) is 0 Å². The van der Waals surface area contributed by atoms with Gasteiger partial charge in [0, 0.05) is 11.6 Å². The van der Waals surface area contributed by atoms with Crippen molar-refractivity contribution in [1.82, 2.24) is 5.32 Å². The zero-order chi connectivity index (χ0) is 17.0. The fourth-order valence-corrected chi connectivity index (χ4v) is 3.51. The van der Waals surface area contributed by atoms with Gasteiger partial charge in [0.05, 0.1) is 15.7 Å². The second-order valence-corrected chi connectivity index (χ2v) is 8.24. The number of carbonyl (C=O) groups is 1. The maximum Gasteiger partial charge on any atom is 0.252 e. The third kappa shape index (κ3) is 3.92. The van der Waals surface area contributed by atoms with E-state index < -0.39 is 21.0 Å². The Morgan fingerprint density at radius 1 is 1.09 bits per heavy atom. The summed E-state index contributed by atoms with van der Waals surface area (Å²) in [5.74, 6) is -0.440. The summed E-state index contributed by atoms with van der Waals surface area (Å²) in [5.41, 5.74) is 0.917. The van der Waals surface area contributed by atoms with Gasteiger partial charge in [-0.1, -0.05) is 41.9 Å². The first-order chi connectivity index (χ1) is 10.8. The third-order valence-electron chi connectivity index (χ3n) is 3.46. The summed E-state index contributed by atoms with van der Waals surface area (Å²) in [4.78, 5) is 12.4. The highest BCUT2D eigenvalue weighted by Gasteiger charge is 2.25. The van der Waals surface area contributed by atoms with E-state index in [2.05, 4.69) is 5.32 Å². The van der Waals surface area contributed by atoms with E-state index in [0.717, 1.165) is 5.56 Å². The molecule has 1 N–H and O–H groups in total. The Balaban J connectivity index is 2.26. The summed E-state index contributed by atoms with van der Waals surface area (Å²) in [6, 6.07) is 13.4. The Morgan fingerprint density at radius 2 is 1.70 bits per heavy atom. The molecule has 0 aromatic heterocycles. The fraction of sp³-hybridized carbons (Fsp3) is 0.235. The Labute approximate surface area is 141 Å². The number of nitrogens with one attached hydrogen (secondary N) is 1. The molecule has 2 aromatic rings. The van der Waals surface area contributed by atoms with Gasteiger partial charge in [0.1, 0.15) is 0 Å². The first kappa shape index (κ1) is 17.5. The minimum atomic E-state index is -3.53. The SMILES string of the molecule is CC(C)S(=O)(=O)c1ccccc1C(=O)NCc1ccccc1Cl. The van der Waals surface area contributed by atoms with Crippen molar-refractivity contribution < 1.29 is 13.2 Å². The van der Waals surface area contributed by atoms with Gasteiger partial charge in [-0.2, -0.15) is 0 Å². The lowest BCUT2D eigenvalue weighted by Crippen LogP contribution is -2.26. The summed E-state index contributed by atoms with van der Waals surface area (Å²) in [5, 5.41) is 2.67. The number of hydrogen-bond donors (Lipinski definition) is 1. The molecule has 0 fully saturated rings. The van der Waals surface area contributed by atoms with Crippen LogP contribution in [0.3, 0.4) is 0 Å². The molecule has 4 nitrogen and oxygen atoms in total. The number of rotatable bonds is 5. The standard InChI is InChI=1S/C17H18ClNO3S/c1-12(2)23(21,22)16-10-6-4-8-14(16)17(20)19-11-13-7-3-5-9-15(13)18/h3-10,12H,11H2,1-2H3,(H,19,20). The monoisotopic (exact) mass is 351 g/mol. The summed E-state index contributed by atoms with van der Waals surface area (Å²) in [6.07, 6.45) is 0. The van der Waals surface area contributed by atoms with E-state index >= 15 is 0 Å². The molecule has 0 aliphatic rings. The van der Waals surface area contributed by atoms with Gasteiger partial charge < -0.3 is 5.32 Å². The van der Waals surface area contributed by atoms with Gasteiger partial charge in [0.15, 0.2) is 9.84 Å². The van der Waals surface area contributed by atoms with Crippen LogP contribution < -0.4 is 5.32 Å². The molecule has 2 rings (SSSR count). The molecule has 0 heterocycles. The van der Waals surface area contributed by atoms with E-state index in [-0.39, 0.29) is 17.0 Å². The van der Waals surface area contributed by atoms with Crippen LogP contribution in [0.4, 0.5) is 0 Å². The zero-order valence-electron chi connectivity index (χ0n) is 12.9. The minimum Gasteiger partial charge on any atom is -0.348 e. The first-order valence-electron chi connectivity index (χ1n) is 7.18. The van der Waals surface area contributed by atoms with Gasteiger partial charge in [-0.05, 0) is 37.6 Å². The van der Waals surface area contributed by atoms with Crippen LogP contribution in [0.5, 0.6) is 0 Å². The third-order valence-corrected chi connectivity index (χ3v) is 6.04. The lowest BCUT2D eigenvalue weighted by Gasteiger charge is -2.13. The number of sulfone groups is 1. The molecule has 0 aliphatic heterocycles. The zero-order valence-corrected chi connectivity index (χ0v) is 14.5. The van der Waals surface area contributed by atoms with E-state index in [9.17, 15) is 13.2 Å². The molecular weight excluding hydrogens is 334 g/mol. The largest absolute Gasteiger partial charge is 0.348 e. The van der Waals surface area contributed by atoms with Gasteiger partial charge in [-0.25, -0.2) is 8.42 Å². The fourth-order valence-electron chi connectivity index (χ4n) is 2.07. The van der Waals surface area contributed by atoms with Crippen molar-refractivity contribution in [3.8, 4) is 0 Å². The van der Waals surface area contributed by atoms with Crippen LogP contribution in [0.15, 0.2) is 53.4 Å². The lowest BCUT2D eigenvalue weighted by molar-refractivity contribution is 0.0947. The van der Waals surface area contributed by atoms with Crippen LogP contribution in [0.25, 0.3) is 0 Å². The summed E-state index contributed by atoms with van der Waals surface area (Å²) in [7, 11) is -3.53. The summed E-state index contributed by atoms with van der Waals surface area (Å²) >= 11 is 6.05. The van der Waals surface area contributed by atoms with Crippen molar-refractivity contribution in [2.24, 2.45) is 0 Å². The average molecular weight is 352 g/mol. The molecular formula is C17H18ClNO3S. The second kappa shape index (κ2) is 7.15. The Bertz CT molecular complexity index is 816. The summed E-state index contributed by atoms with van der Waals surface area (Å²) < 4.78 is 24.8. The smallest absolute Gasteiger partial charge is 0.252 e. The average Bonchev–Trinajstić information content (AvgIpc) is 2.53. The Kier molecular flexibility index (Phi) is 5.44. The second-order valence-electron chi connectivity index (χ2n) is 5.36. The van der Waals surface area contributed by atoms with Crippen LogP contribution in [-0.2, 0) is 16.4 Å². The van der Waals surface area contributed by atoms with Crippen LogP contribution in [-0.4, -0.2) is 19.6 Å². The maximum atomic E-state index is 12.4. The van der Waals surface area contributed by atoms with Crippen molar-refractivity contribution in [2.45, 2.75) is 30.5 Å². The molecule has 2 aromatic carbocycles. The van der Waals surface area contributed by atoms with E-state index in [1.165, 1.54) is 12.1 Å². The number of halogens is 1. The van der Waals surface area contributed by atoms with Gasteiger partial charge in [0.2, 0.25) is 0 Å². The molecule has 0 atom stereocenters. The van der Waals surface area contributed by atoms with Gasteiger partial charge in [-0.3, -0.25) is 4.79 Å². The molecule has 1 amide bonds. The minimum absolute atomic E-state index is 0.0478. The van der Waals surface area contributed by atoms with Gasteiger partial charge in [-0.15, -0.1) is 0 Å². The van der Waals surface area contributed by atoms with E-state index in [1.54, 1.807) is 44.2 Å². The van der Waals surface area contributed by atoms with Crippen LogP contribution >= 0.6 is 11.6 Å². The molecule has 0 spiro atoms. The highest BCUT2D eigenvalue weighted by Crippen LogP contribution is 2.21. The predicted octanol–water partition coefficient (Wildman–Crippen LogP) is 3.45. The number of hydrogen-bond acceptors (Lipinski definition) is 3. The Morgan fingerprint density at radius 3 is 2.35 bits per heavy atom. The molecule has 0 unspecified atom stereocenters. The van der Waals surface area contributed by atoms with Crippen molar-refractivity contribution in [3.63, 3.8) is 0 Å². The first-order valence-corrected chi connectivity index (χ1v) is 9.11. The van der Waals surface area contributed by atoms with Crippen molar-refractivity contribution in [2.75, 3.05) is 0 Å². The van der Waals surface area contributed by atoms with Crippen molar-refractivity contribution >= 4 is 27.3 Å². The van der Waals surface area contributed by atoms with Gasteiger partial charge in [0.25, 0.3) is 5.91 Å². The van der Waals surface area contributed by atoms with Gasteiger partial charge >= 0.3 is 0 Å². The molecule has 0 radical (unpaired) electrons. The number of carbonyl (C=O) groups excluding carboxylic acids is 1. The Hall–Kier alpha value is -1.85. The molecule has 0 saturated carbocycles. The molecule has 23 heavy (non-hydrogen) atoms. The van der Waals surface area contributed by atoms with E-state index in [4.69, 9.17) is 11.6 Å². The van der Waals surface area contributed by atoms with Crippen molar-refractivity contribution in [3.05, 3.63) is 64.7 Å². The normalized spacial score (nSPS) is 11.5.